The highest BCUT2D eigenvalue weighted by Crippen LogP contribution is 2.28. The molecule has 0 saturated carbocycles. The first-order valence-electron chi connectivity index (χ1n) is 8.53. The van der Waals surface area contributed by atoms with Crippen LogP contribution in [-0.4, -0.2) is 46.9 Å². The molecular formula is C18H23N3O3S. The fraction of sp³-hybridized carbons (Fsp3) is 0.444. The van der Waals surface area contributed by atoms with Crippen LogP contribution in [0, 0.1) is 0 Å². The minimum absolute atomic E-state index is 0.0156. The summed E-state index contributed by atoms with van der Waals surface area (Å²) < 4.78 is 11.1. The van der Waals surface area contributed by atoms with E-state index in [-0.39, 0.29) is 12.5 Å². The lowest BCUT2D eigenvalue weighted by Gasteiger charge is -2.23. The van der Waals surface area contributed by atoms with E-state index in [2.05, 4.69) is 10.2 Å². The molecule has 1 aromatic heterocycles. The lowest BCUT2D eigenvalue weighted by atomic mass is 10.2. The van der Waals surface area contributed by atoms with Crippen LogP contribution in [0.3, 0.4) is 0 Å². The fourth-order valence-electron chi connectivity index (χ4n) is 2.74. The van der Waals surface area contributed by atoms with Gasteiger partial charge in [0.15, 0.2) is 12.4 Å². The van der Waals surface area contributed by atoms with Crippen LogP contribution in [0.2, 0.25) is 0 Å². The first-order chi connectivity index (χ1) is 12.3. The van der Waals surface area contributed by atoms with Gasteiger partial charge in [0.25, 0.3) is 5.91 Å². The van der Waals surface area contributed by atoms with Crippen LogP contribution in [0.4, 0.5) is 5.82 Å². The van der Waals surface area contributed by atoms with Crippen molar-refractivity contribution in [2.45, 2.75) is 25.0 Å². The number of H-pyrrole nitrogens is 1. The van der Waals surface area contributed by atoms with Gasteiger partial charge in [-0.25, -0.2) is 0 Å². The smallest absolute Gasteiger partial charge is 0.266 e. The molecule has 2 heterocycles. The molecule has 1 N–H and O–H groups in total. The molecule has 134 valence electrons. The van der Waals surface area contributed by atoms with E-state index in [0.717, 1.165) is 17.9 Å². The minimum Gasteiger partial charge on any atom is -0.494 e. The summed E-state index contributed by atoms with van der Waals surface area (Å²) in [6.45, 7) is 3.21. The van der Waals surface area contributed by atoms with Gasteiger partial charge in [0.2, 0.25) is 0 Å². The number of nitrogens with one attached hydrogen (secondary N) is 1. The number of benzene rings is 1. The standard InChI is InChI=1S/C18H23N3O3S/c1-2-23-14-5-7-15(8-6-14)24-13-18(22)21(17-9-10-19-20-17)12-16-4-3-11-25-16/h5-10,16H,2-4,11-13H2,1H3,(H,19,20). The third-order valence-corrected chi connectivity index (χ3v) is 5.35. The zero-order valence-electron chi connectivity index (χ0n) is 14.3. The number of nitrogens with zero attached hydrogens (tertiary/aromatic N) is 2. The van der Waals surface area contributed by atoms with Crippen LogP contribution < -0.4 is 14.4 Å². The molecule has 7 heteroatoms. The summed E-state index contributed by atoms with van der Waals surface area (Å²) >= 11 is 1.92. The molecule has 1 amide bonds. The topological polar surface area (TPSA) is 67.5 Å². The van der Waals surface area contributed by atoms with E-state index < -0.39 is 0 Å². The third kappa shape index (κ3) is 4.92. The third-order valence-electron chi connectivity index (χ3n) is 3.97. The Morgan fingerprint density at radius 1 is 1.28 bits per heavy atom. The molecule has 3 rings (SSSR count). The molecule has 25 heavy (non-hydrogen) atoms. The molecule has 1 saturated heterocycles. The Balaban J connectivity index is 1.59. The number of carbonyl (C=O) groups is 1. The molecule has 2 aromatic rings. The summed E-state index contributed by atoms with van der Waals surface area (Å²) in [4.78, 5) is 14.4. The van der Waals surface area contributed by atoms with Crippen molar-refractivity contribution in [3.05, 3.63) is 36.5 Å². The molecule has 1 aliphatic rings. The molecule has 1 atom stereocenters. The van der Waals surface area contributed by atoms with Crippen molar-refractivity contribution < 1.29 is 14.3 Å². The number of hydrogen-bond acceptors (Lipinski definition) is 5. The molecule has 0 bridgehead atoms. The highest BCUT2D eigenvalue weighted by atomic mass is 32.2. The largest absolute Gasteiger partial charge is 0.494 e. The number of anilines is 1. The maximum Gasteiger partial charge on any atom is 0.266 e. The van der Waals surface area contributed by atoms with Gasteiger partial charge >= 0.3 is 0 Å². The van der Waals surface area contributed by atoms with Gasteiger partial charge in [-0.1, -0.05) is 0 Å². The number of aromatic amines is 1. The van der Waals surface area contributed by atoms with E-state index in [9.17, 15) is 4.79 Å². The first-order valence-corrected chi connectivity index (χ1v) is 9.58. The lowest BCUT2D eigenvalue weighted by Crippen LogP contribution is -2.39. The van der Waals surface area contributed by atoms with E-state index in [0.29, 0.717) is 30.0 Å². The summed E-state index contributed by atoms with van der Waals surface area (Å²) in [6.07, 6.45) is 4.07. The number of amides is 1. The van der Waals surface area contributed by atoms with E-state index in [1.54, 1.807) is 11.1 Å². The highest BCUT2D eigenvalue weighted by molar-refractivity contribution is 8.00. The van der Waals surface area contributed by atoms with Gasteiger partial charge in [-0.05, 0) is 49.8 Å². The Labute approximate surface area is 151 Å². The average molecular weight is 361 g/mol. The second kappa shape index (κ2) is 8.80. The van der Waals surface area contributed by atoms with Crippen molar-refractivity contribution in [3.8, 4) is 11.5 Å². The number of rotatable bonds is 8. The van der Waals surface area contributed by atoms with Crippen LogP contribution in [0.15, 0.2) is 36.5 Å². The molecule has 1 aliphatic heterocycles. The van der Waals surface area contributed by atoms with Crippen LogP contribution in [0.1, 0.15) is 19.8 Å². The van der Waals surface area contributed by atoms with Gasteiger partial charge in [-0.3, -0.25) is 14.8 Å². The summed E-state index contributed by atoms with van der Waals surface area (Å²) in [5.41, 5.74) is 0. The minimum atomic E-state index is -0.0894. The summed E-state index contributed by atoms with van der Waals surface area (Å²) in [7, 11) is 0. The van der Waals surface area contributed by atoms with Crippen LogP contribution >= 0.6 is 11.8 Å². The quantitative estimate of drug-likeness (QED) is 0.782. The lowest BCUT2D eigenvalue weighted by molar-refractivity contribution is -0.120. The molecule has 6 nitrogen and oxygen atoms in total. The maximum absolute atomic E-state index is 12.7. The van der Waals surface area contributed by atoms with Gasteiger partial charge < -0.3 is 9.47 Å². The molecule has 0 radical (unpaired) electrons. The Hall–Kier alpha value is -2.15. The maximum atomic E-state index is 12.7. The Morgan fingerprint density at radius 2 is 2.04 bits per heavy atom. The van der Waals surface area contributed by atoms with Crippen molar-refractivity contribution in [2.75, 3.05) is 30.4 Å². The van der Waals surface area contributed by atoms with Gasteiger partial charge in [0.1, 0.15) is 11.5 Å². The molecular weight excluding hydrogens is 338 g/mol. The number of hydrogen-bond donors (Lipinski definition) is 1. The van der Waals surface area contributed by atoms with E-state index in [1.165, 1.54) is 6.42 Å². The predicted molar refractivity (Wildman–Crippen MR) is 99.5 cm³/mol. The van der Waals surface area contributed by atoms with Crippen molar-refractivity contribution >= 4 is 23.5 Å². The first kappa shape index (κ1) is 17.7. The van der Waals surface area contributed by atoms with Gasteiger partial charge in [-0.15, -0.1) is 0 Å². The number of carbonyl (C=O) groups excluding carboxylic acids is 1. The van der Waals surface area contributed by atoms with Gasteiger partial charge in [0.05, 0.1) is 6.61 Å². The summed E-state index contributed by atoms with van der Waals surface area (Å²) in [5.74, 6) is 3.16. The predicted octanol–water partition coefficient (Wildman–Crippen LogP) is 3.12. The molecule has 0 aliphatic carbocycles. The Morgan fingerprint density at radius 3 is 2.64 bits per heavy atom. The van der Waals surface area contributed by atoms with Crippen molar-refractivity contribution in [2.24, 2.45) is 0 Å². The molecule has 1 unspecified atom stereocenters. The molecule has 1 fully saturated rings. The second-order valence-electron chi connectivity index (χ2n) is 5.76. The van der Waals surface area contributed by atoms with E-state index >= 15 is 0 Å². The Kier molecular flexibility index (Phi) is 6.22. The zero-order chi connectivity index (χ0) is 17.5. The van der Waals surface area contributed by atoms with Gasteiger partial charge in [-0.2, -0.15) is 16.9 Å². The van der Waals surface area contributed by atoms with Gasteiger partial charge in [0, 0.05) is 24.1 Å². The fourth-order valence-corrected chi connectivity index (χ4v) is 3.99. The highest BCUT2D eigenvalue weighted by Gasteiger charge is 2.25. The number of thioether (sulfide) groups is 1. The molecule has 1 aromatic carbocycles. The normalized spacial score (nSPS) is 16.6. The van der Waals surface area contributed by atoms with E-state index in [4.69, 9.17) is 9.47 Å². The van der Waals surface area contributed by atoms with Crippen LogP contribution in [0.5, 0.6) is 11.5 Å². The summed E-state index contributed by atoms with van der Waals surface area (Å²) in [6, 6.07) is 9.11. The second-order valence-corrected chi connectivity index (χ2v) is 7.17. The number of aromatic nitrogens is 2. The molecule has 0 spiro atoms. The van der Waals surface area contributed by atoms with Crippen molar-refractivity contribution in [1.29, 1.82) is 0 Å². The zero-order valence-corrected chi connectivity index (χ0v) is 15.1. The van der Waals surface area contributed by atoms with Crippen molar-refractivity contribution in [3.63, 3.8) is 0 Å². The Bertz CT molecular complexity index is 655. The number of ether oxygens (including phenoxy) is 2. The van der Waals surface area contributed by atoms with Crippen LogP contribution in [0.25, 0.3) is 0 Å². The van der Waals surface area contributed by atoms with Crippen molar-refractivity contribution in [1.82, 2.24) is 10.2 Å². The van der Waals surface area contributed by atoms with E-state index in [1.807, 2.05) is 49.0 Å². The average Bonchev–Trinajstić information content (AvgIpc) is 3.33. The monoisotopic (exact) mass is 361 g/mol. The van der Waals surface area contributed by atoms with Crippen LogP contribution in [-0.2, 0) is 4.79 Å². The summed E-state index contributed by atoms with van der Waals surface area (Å²) in [5, 5.41) is 7.41. The SMILES string of the molecule is CCOc1ccc(OCC(=O)N(CC2CCCS2)c2cc[nH]n2)cc1.